The van der Waals surface area contributed by atoms with Gasteiger partial charge in [-0.15, -0.1) is 0 Å². The van der Waals surface area contributed by atoms with Crippen LogP contribution in [0.25, 0.3) is 32.7 Å². The first kappa shape index (κ1) is 77.4. The normalized spacial score (nSPS) is 13.9. The summed E-state index contributed by atoms with van der Waals surface area (Å²) in [6.45, 7) is 12.1. The minimum absolute atomic E-state index is 0.121. The molecule has 562 valence electrons. The van der Waals surface area contributed by atoms with Crippen LogP contribution >= 0.6 is 11.6 Å². The number of likely N-dealkylation sites (N-methyl/N-ethyl adjacent to an activating group) is 1. The monoisotopic (exact) mass is 1490 g/mol. The summed E-state index contributed by atoms with van der Waals surface area (Å²) in [5.41, 5.74) is 4.64. The van der Waals surface area contributed by atoms with Crippen LogP contribution in [0, 0.1) is 62.7 Å². The van der Waals surface area contributed by atoms with Crippen molar-refractivity contribution in [3.8, 4) is 0 Å². The first-order valence-electron chi connectivity index (χ1n) is 35.3. The lowest BCUT2D eigenvalue weighted by Gasteiger charge is -2.36. The Hall–Kier alpha value is -11.8. The first-order valence-corrected chi connectivity index (χ1v) is 35.7. The second-order valence-electron chi connectivity index (χ2n) is 27.5. The second-order valence-corrected chi connectivity index (χ2v) is 28.0. The van der Waals surface area contributed by atoms with Gasteiger partial charge in [-0.05, 0) is 177 Å². The number of nitro groups is 3. The molecule has 0 N–H and O–H groups in total. The average Bonchev–Trinajstić information content (AvgIpc) is 0.756. The molecule has 10 aromatic rings. The van der Waals surface area contributed by atoms with Crippen LogP contribution < -0.4 is 31.4 Å². The van der Waals surface area contributed by atoms with Gasteiger partial charge >= 0.3 is 33.7 Å². The van der Waals surface area contributed by atoms with E-state index in [0.717, 1.165) is 28.8 Å². The first-order chi connectivity index (χ1) is 51.7. The Morgan fingerprint density at radius 1 is 0.417 bits per heavy atom. The smallest absolute Gasteiger partial charge is 0.357 e. The Balaban J connectivity index is 0.000000161. The molecule has 3 aromatic heterocycles. The molecule has 3 fully saturated rings. The van der Waals surface area contributed by atoms with Crippen LogP contribution in [0.4, 0.5) is 42.9 Å². The Morgan fingerprint density at radius 3 is 1.06 bits per heavy atom. The molecule has 3 amide bonds. The van der Waals surface area contributed by atoms with Crippen LogP contribution in [0.2, 0.25) is 5.02 Å². The number of hydrogen-bond donors (Lipinski definition) is 0. The zero-order valence-electron chi connectivity index (χ0n) is 61.0. The molecule has 13 rings (SSSR count). The van der Waals surface area contributed by atoms with Gasteiger partial charge in [0.1, 0.15) is 28.7 Å². The summed E-state index contributed by atoms with van der Waals surface area (Å²) in [5.74, 6) is -1.40. The summed E-state index contributed by atoms with van der Waals surface area (Å²) in [5, 5.41) is 39.1. The molecule has 0 bridgehead atoms. The van der Waals surface area contributed by atoms with Crippen molar-refractivity contribution < 1.29 is 37.9 Å². The third-order valence-electron chi connectivity index (χ3n) is 19.5. The SMILES string of the molecule is Cc1ccc2c(c1)c(N1CCN(C(=O)c3ccc(Cl)cc3)CC1)c([N+](=O)[O-])c(=O)n2Cc1ccccc1.Cc1ccc2c(c1)c(N1CCN(C(=O)c3ccc(F)cc3)CC1)c([N+](=O)[O-])c(=O)n2CCCN(C)C.Cc1ccc2c(c1)c(N1CCN(C(=O)c3ccc(F)cc3)CC1)c([N+](=O)[O-])c(=O)n2CCN(C)C. The number of aromatic nitrogens is 3. The molecule has 0 unspecified atom stereocenters. The number of carbonyl (C=O) groups is 3. The van der Waals surface area contributed by atoms with E-state index >= 15 is 0 Å². The maximum Gasteiger partial charge on any atom is 0.357 e. The van der Waals surface area contributed by atoms with E-state index in [1.165, 1.54) is 62.2 Å². The number of aryl methyl sites for hydroxylation is 4. The molecule has 108 heavy (non-hydrogen) atoms. The highest BCUT2D eigenvalue weighted by molar-refractivity contribution is 6.30. The fourth-order valence-corrected chi connectivity index (χ4v) is 14.1. The van der Waals surface area contributed by atoms with E-state index in [4.69, 9.17) is 11.6 Å². The number of carbonyl (C=O) groups excluding carboxylic acids is 3. The number of halogens is 3. The molecule has 0 atom stereocenters. The topological polar surface area (TPSA) is 273 Å². The van der Waals surface area contributed by atoms with E-state index in [0.29, 0.717) is 176 Å². The van der Waals surface area contributed by atoms with Crippen LogP contribution in [0.3, 0.4) is 0 Å². The minimum atomic E-state index is -0.639. The van der Waals surface area contributed by atoms with Crippen molar-refractivity contribution in [2.75, 3.05) is 135 Å². The van der Waals surface area contributed by atoms with Gasteiger partial charge in [0, 0.05) is 136 Å². The lowest BCUT2D eigenvalue weighted by molar-refractivity contribution is -0.385. The quantitative estimate of drug-likeness (QED) is 0.0570. The van der Waals surface area contributed by atoms with Crippen LogP contribution in [0.15, 0.2) is 172 Å². The molecule has 26 nitrogen and oxygen atoms in total. The number of anilines is 3. The minimum Gasteiger partial charge on any atom is -0.362 e. The lowest BCUT2D eigenvalue weighted by Crippen LogP contribution is -2.49. The van der Waals surface area contributed by atoms with E-state index < -0.39 is 60.1 Å². The van der Waals surface area contributed by atoms with Crippen molar-refractivity contribution in [1.29, 1.82) is 0 Å². The number of pyridine rings is 3. The number of hydrogen-bond acceptors (Lipinski definition) is 17. The van der Waals surface area contributed by atoms with Crippen molar-refractivity contribution in [2.45, 2.75) is 46.8 Å². The highest BCUT2D eigenvalue weighted by Gasteiger charge is 2.37. The van der Waals surface area contributed by atoms with E-state index in [1.54, 1.807) is 39.0 Å². The molecule has 3 aliphatic heterocycles. The summed E-state index contributed by atoms with van der Waals surface area (Å²) in [6.07, 6.45) is 0.677. The van der Waals surface area contributed by atoms with E-state index in [9.17, 15) is 67.9 Å². The zero-order valence-corrected chi connectivity index (χ0v) is 61.8. The highest BCUT2D eigenvalue weighted by Crippen LogP contribution is 2.39. The van der Waals surface area contributed by atoms with Crippen molar-refractivity contribution in [3.63, 3.8) is 0 Å². The Labute approximate surface area is 625 Å². The third-order valence-corrected chi connectivity index (χ3v) is 19.8. The van der Waals surface area contributed by atoms with Gasteiger partial charge in [-0.25, -0.2) is 8.78 Å². The van der Waals surface area contributed by atoms with Crippen molar-refractivity contribution in [2.24, 2.45) is 0 Å². The van der Waals surface area contributed by atoms with Gasteiger partial charge in [0.2, 0.25) is 0 Å². The van der Waals surface area contributed by atoms with Gasteiger partial charge in [-0.2, -0.15) is 0 Å². The second kappa shape index (κ2) is 33.8. The molecular weight excluding hydrogens is 1410 g/mol. The van der Waals surface area contributed by atoms with Crippen LogP contribution in [0.5, 0.6) is 0 Å². The van der Waals surface area contributed by atoms with Gasteiger partial charge in [0.05, 0.1) is 37.9 Å². The molecule has 0 spiro atoms. The Bertz CT molecular complexity index is 5250. The number of benzene rings is 7. The Kier molecular flexibility index (Phi) is 24.2. The number of amides is 3. The fraction of sp³-hybridized carbons (Fsp3) is 0.316. The number of fused-ring (bicyclic) bond motifs is 3. The average molecular weight is 1490 g/mol. The summed E-state index contributed by atoms with van der Waals surface area (Å²) in [6, 6.07) is 43.8. The predicted molar refractivity (Wildman–Crippen MR) is 415 cm³/mol. The van der Waals surface area contributed by atoms with Gasteiger partial charge in [-0.1, -0.05) is 76.8 Å². The van der Waals surface area contributed by atoms with Crippen molar-refractivity contribution in [1.82, 2.24) is 38.2 Å². The van der Waals surface area contributed by atoms with Gasteiger partial charge in [0.15, 0.2) is 0 Å². The molecular formula is C79H83ClF2N14O12. The van der Waals surface area contributed by atoms with Crippen molar-refractivity contribution in [3.05, 3.63) is 275 Å². The van der Waals surface area contributed by atoms with E-state index in [1.807, 2.05) is 158 Å². The summed E-state index contributed by atoms with van der Waals surface area (Å²) in [4.78, 5) is 128. The standard InChI is InChI=1S/C28H25ClN4O4.C26H30FN5O4.C25H28FN5O4/c1-19-7-12-24-23(17-19)25(26(33(36)37)28(35)32(24)18-20-5-3-2-4-6-20)30-13-15-31(16-14-30)27(34)21-8-10-22(29)11-9-21;1-18-5-10-22-21(17-18)23(24(32(35)36)26(34)31(22)12-4-11-28(2)3)29-13-15-30(16-14-29)25(33)19-6-8-20(27)9-7-19;1-17-4-9-21-20(16-17)22(23(31(34)35)25(33)30(21)15-10-27(2)3)28-11-13-29(14-12-28)24(32)18-5-7-19(26)8-6-18/h2-12,17H,13-16,18H2,1H3;5-10,17H,4,11-16H2,1-3H3;4-9,16H,10-15H2,1-3H3. The maximum absolute atomic E-state index is 13.6. The molecule has 0 aliphatic carbocycles. The van der Waals surface area contributed by atoms with E-state index in [-0.39, 0.29) is 24.3 Å². The maximum atomic E-state index is 13.6. The number of rotatable bonds is 18. The lowest BCUT2D eigenvalue weighted by atomic mass is 10.1. The third kappa shape index (κ3) is 17.2. The molecule has 7 aromatic carbocycles. The molecule has 0 saturated carbocycles. The molecule has 3 aliphatic rings. The molecule has 3 saturated heterocycles. The van der Waals surface area contributed by atoms with Crippen LogP contribution in [-0.2, 0) is 19.6 Å². The summed E-state index contributed by atoms with van der Waals surface area (Å²) >= 11 is 5.94. The molecule has 29 heteroatoms. The van der Waals surface area contributed by atoms with Crippen LogP contribution in [0.1, 0.15) is 59.7 Å². The van der Waals surface area contributed by atoms with E-state index in [2.05, 4.69) is 0 Å². The van der Waals surface area contributed by atoms with Gasteiger partial charge < -0.3 is 48.3 Å². The Morgan fingerprint density at radius 2 is 0.731 bits per heavy atom. The predicted octanol–water partition coefficient (Wildman–Crippen LogP) is 11.0. The fourth-order valence-electron chi connectivity index (χ4n) is 14.0. The number of nitrogens with zero attached hydrogens (tertiary/aromatic N) is 14. The largest absolute Gasteiger partial charge is 0.362 e. The van der Waals surface area contributed by atoms with Gasteiger partial charge in [0.25, 0.3) is 17.7 Å². The van der Waals surface area contributed by atoms with Gasteiger partial charge in [-0.3, -0.25) is 63.7 Å². The van der Waals surface area contributed by atoms with Crippen molar-refractivity contribution >= 4 is 96.2 Å². The number of piperazine rings is 3. The molecule has 0 radical (unpaired) electrons. The summed E-state index contributed by atoms with van der Waals surface area (Å²) in [7, 11) is 7.65. The summed E-state index contributed by atoms with van der Waals surface area (Å²) < 4.78 is 30.9. The molecule has 6 heterocycles. The zero-order chi connectivity index (χ0) is 77.4. The highest BCUT2D eigenvalue weighted by atomic mass is 35.5. The van der Waals surface area contributed by atoms with Crippen LogP contribution in [-0.4, -0.2) is 191 Å².